The van der Waals surface area contributed by atoms with Crippen LogP contribution in [0.25, 0.3) is 0 Å². The molecule has 1 N–H and O–H groups in total. The molecule has 0 atom stereocenters. The molecule has 6 nitrogen and oxygen atoms in total. The summed E-state index contributed by atoms with van der Waals surface area (Å²) in [6.07, 6.45) is 0.770. The Hall–Kier alpha value is -2.63. The molecule has 0 saturated carbocycles. The van der Waals surface area contributed by atoms with Crippen LogP contribution >= 0.6 is 0 Å². The summed E-state index contributed by atoms with van der Waals surface area (Å²) in [5.74, 6) is 0.256. The Labute approximate surface area is 147 Å². The van der Waals surface area contributed by atoms with Gasteiger partial charge >= 0.3 is 0 Å². The Bertz CT molecular complexity index is 739. The number of benzene rings is 1. The summed E-state index contributed by atoms with van der Waals surface area (Å²) in [7, 11) is 0. The van der Waals surface area contributed by atoms with Crippen LogP contribution in [0.5, 0.6) is 0 Å². The normalized spacial score (nSPS) is 15.3. The van der Waals surface area contributed by atoms with E-state index in [1.807, 2.05) is 41.3 Å². The van der Waals surface area contributed by atoms with Crippen molar-refractivity contribution in [2.24, 2.45) is 0 Å². The molecule has 2 aromatic rings. The Morgan fingerprint density at radius 1 is 1.00 bits per heavy atom. The van der Waals surface area contributed by atoms with Gasteiger partial charge < -0.3 is 9.80 Å². The fraction of sp³-hybridized carbons (Fsp3) is 0.421. The van der Waals surface area contributed by atoms with Gasteiger partial charge in [0.05, 0.1) is 0 Å². The summed E-state index contributed by atoms with van der Waals surface area (Å²) < 4.78 is 0. The van der Waals surface area contributed by atoms with E-state index in [-0.39, 0.29) is 11.8 Å². The average molecular weight is 340 g/mol. The molecule has 1 fully saturated rings. The lowest BCUT2D eigenvalue weighted by Gasteiger charge is -2.21. The molecule has 0 spiro atoms. The van der Waals surface area contributed by atoms with Crippen LogP contribution in [-0.2, 0) is 0 Å². The van der Waals surface area contributed by atoms with Crippen molar-refractivity contribution in [1.82, 2.24) is 20.0 Å². The molecule has 0 radical (unpaired) electrons. The summed E-state index contributed by atoms with van der Waals surface area (Å²) in [6.45, 7) is 6.49. The molecule has 1 aromatic heterocycles. The van der Waals surface area contributed by atoms with E-state index in [0.717, 1.165) is 12.1 Å². The van der Waals surface area contributed by atoms with Crippen molar-refractivity contribution >= 4 is 11.8 Å². The molecule has 1 aliphatic heterocycles. The number of aromatic amines is 1. The number of hydrogen-bond donors (Lipinski definition) is 1. The molecular weight excluding hydrogens is 316 g/mol. The molecule has 1 saturated heterocycles. The van der Waals surface area contributed by atoms with Gasteiger partial charge in [0.15, 0.2) is 0 Å². The summed E-state index contributed by atoms with van der Waals surface area (Å²) in [4.78, 5) is 28.9. The Kier molecular flexibility index (Phi) is 5.16. The fourth-order valence-electron chi connectivity index (χ4n) is 2.99. The van der Waals surface area contributed by atoms with Crippen molar-refractivity contribution < 1.29 is 9.59 Å². The van der Waals surface area contributed by atoms with Gasteiger partial charge in [0, 0.05) is 37.4 Å². The number of carbonyl (C=O) groups is 2. The largest absolute Gasteiger partial charge is 0.337 e. The molecule has 132 valence electrons. The first-order chi connectivity index (χ1) is 12.1. The standard InChI is InChI=1S/C19H24N4O2/c1-14(2)16-13-17(21-20-16)19(25)23-10-6-9-22(11-12-23)18(24)15-7-4-3-5-8-15/h3-5,7-8,13-14H,6,9-12H2,1-2H3,(H,20,21). The zero-order chi connectivity index (χ0) is 17.8. The molecule has 0 unspecified atom stereocenters. The molecule has 1 aromatic carbocycles. The highest BCUT2D eigenvalue weighted by Crippen LogP contribution is 2.15. The number of H-pyrrole nitrogens is 1. The molecule has 2 heterocycles. The molecule has 3 rings (SSSR count). The van der Waals surface area contributed by atoms with Crippen molar-refractivity contribution in [2.45, 2.75) is 26.2 Å². The number of rotatable bonds is 3. The maximum absolute atomic E-state index is 12.7. The van der Waals surface area contributed by atoms with Gasteiger partial charge in [-0.1, -0.05) is 32.0 Å². The van der Waals surface area contributed by atoms with Crippen molar-refractivity contribution in [3.8, 4) is 0 Å². The number of amides is 2. The molecule has 1 aliphatic rings. The maximum atomic E-state index is 12.7. The highest BCUT2D eigenvalue weighted by Gasteiger charge is 2.24. The highest BCUT2D eigenvalue weighted by atomic mass is 16.2. The van der Waals surface area contributed by atoms with Gasteiger partial charge in [0.1, 0.15) is 5.69 Å². The molecule has 0 aliphatic carbocycles. The van der Waals surface area contributed by atoms with Crippen LogP contribution < -0.4 is 0 Å². The lowest BCUT2D eigenvalue weighted by molar-refractivity contribution is 0.0715. The summed E-state index contributed by atoms with van der Waals surface area (Å²) >= 11 is 0. The van der Waals surface area contributed by atoms with E-state index in [1.165, 1.54) is 0 Å². The van der Waals surface area contributed by atoms with Crippen molar-refractivity contribution in [2.75, 3.05) is 26.2 Å². The highest BCUT2D eigenvalue weighted by molar-refractivity contribution is 5.94. The Morgan fingerprint density at radius 2 is 1.64 bits per heavy atom. The van der Waals surface area contributed by atoms with Gasteiger partial charge in [-0.3, -0.25) is 14.7 Å². The van der Waals surface area contributed by atoms with Crippen LogP contribution in [0.3, 0.4) is 0 Å². The van der Waals surface area contributed by atoms with E-state index in [9.17, 15) is 9.59 Å². The summed E-state index contributed by atoms with van der Waals surface area (Å²) in [5, 5.41) is 7.08. The number of nitrogens with one attached hydrogen (secondary N) is 1. The number of carbonyl (C=O) groups excluding carboxylic acids is 2. The van der Waals surface area contributed by atoms with Gasteiger partial charge in [-0.2, -0.15) is 5.10 Å². The number of hydrogen-bond acceptors (Lipinski definition) is 3. The fourth-order valence-corrected chi connectivity index (χ4v) is 2.99. The van der Waals surface area contributed by atoms with E-state index in [1.54, 1.807) is 4.90 Å². The first kappa shape index (κ1) is 17.2. The van der Waals surface area contributed by atoms with Gasteiger partial charge in [0.25, 0.3) is 11.8 Å². The van der Waals surface area contributed by atoms with Crippen LogP contribution in [0.15, 0.2) is 36.4 Å². The SMILES string of the molecule is CC(C)c1cc(C(=O)N2CCCN(C(=O)c3ccccc3)CC2)n[nH]1. The van der Waals surface area contributed by atoms with E-state index in [4.69, 9.17) is 0 Å². The zero-order valence-corrected chi connectivity index (χ0v) is 14.7. The molecule has 6 heteroatoms. The third-order valence-corrected chi connectivity index (χ3v) is 4.53. The van der Waals surface area contributed by atoms with Crippen molar-refractivity contribution in [3.05, 3.63) is 53.3 Å². The van der Waals surface area contributed by atoms with Crippen molar-refractivity contribution in [1.29, 1.82) is 0 Å². The summed E-state index contributed by atoms with van der Waals surface area (Å²) in [5.41, 5.74) is 2.10. The zero-order valence-electron chi connectivity index (χ0n) is 14.7. The second-order valence-electron chi connectivity index (χ2n) is 6.67. The van der Waals surface area contributed by atoms with Gasteiger partial charge in [-0.25, -0.2) is 0 Å². The monoisotopic (exact) mass is 340 g/mol. The number of nitrogens with zero attached hydrogens (tertiary/aromatic N) is 3. The minimum absolute atomic E-state index is 0.0248. The quantitative estimate of drug-likeness (QED) is 0.933. The maximum Gasteiger partial charge on any atom is 0.274 e. The van der Waals surface area contributed by atoms with E-state index in [0.29, 0.717) is 43.4 Å². The minimum Gasteiger partial charge on any atom is -0.337 e. The van der Waals surface area contributed by atoms with Gasteiger partial charge in [-0.05, 0) is 30.5 Å². The predicted octanol–water partition coefficient (Wildman–Crippen LogP) is 2.52. The van der Waals surface area contributed by atoms with Crippen LogP contribution in [0.1, 0.15) is 52.7 Å². The lowest BCUT2D eigenvalue weighted by atomic mass is 10.1. The van der Waals surface area contributed by atoms with Gasteiger partial charge in [0.2, 0.25) is 0 Å². The van der Waals surface area contributed by atoms with Crippen LogP contribution in [-0.4, -0.2) is 58.0 Å². The van der Waals surface area contributed by atoms with Gasteiger partial charge in [-0.15, -0.1) is 0 Å². The lowest BCUT2D eigenvalue weighted by Crippen LogP contribution is -2.37. The van der Waals surface area contributed by atoms with E-state index in [2.05, 4.69) is 24.0 Å². The van der Waals surface area contributed by atoms with E-state index >= 15 is 0 Å². The second kappa shape index (κ2) is 7.51. The smallest absolute Gasteiger partial charge is 0.274 e. The molecular formula is C19H24N4O2. The van der Waals surface area contributed by atoms with E-state index < -0.39 is 0 Å². The average Bonchev–Trinajstić information content (AvgIpc) is 3.00. The second-order valence-corrected chi connectivity index (χ2v) is 6.67. The number of aromatic nitrogens is 2. The predicted molar refractivity (Wildman–Crippen MR) is 95.5 cm³/mol. The molecule has 2 amide bonds. The minimum atomic E-state index is -0.0721. The first-order valence-electron chi connectivity index (χ1n) is 8.75. The third kappa shape index (κ3) is 3.90. The Balaban J connectivity index is 1.64. The Morgan fingerprint density at radius 3 is 2.24 bits per heavy atom. The van der Waals surface area contributed by atoms with Crippen LogP contribution in [0.2, 0.25) is 0 Å². The summed E-state index contributed by atoms with van der Waals surface area (Å²) in [6, 6.07) is 11.1. The van der Waals surface area contributed by atoms with Crippen LogP contribution in [0, 0.1) is 0 Å². The third-order valence-electron chi connectivity index (χ3n) is 4.53. The van der Waals surface area contributed by atoms with Crippen LogP contribution in [0.4, 0.5) is 0 Å². The molecule has 25 heavy (non-hydrogen) atoms. The molecule has 0 bridgehead atoms. The van der Waals surface area contributed by atoms with Crippen molar-refractivity contribution in [3.63, 3.8) is 0 Å². The first-order valence-corrected chi connectivity index (χ1v) is 8.75. The topological polar surface area (TPSA) is 69.3 Å².